The molecule has 4 aliphatic heterocycles. The van der Waals surface area contributed by atoms with Gasteiger partial charge in [-0.15, -0.1) is 0 Å². The van der Waals surface area contributed by atoms with Crippen LogP contribution in [-0.4, -0.2) is 196 Å². The molecule has 1 aromatic heterocycles. The number of hydrogen-bond donors (Lipinski definition) is 13. The fourth-order valence-electron chi connectivity index (χ4n) is 7.50. The Labute approximate surface area is 350 Å². The van der Waals surface area contributed by atoms with Gasteiger partial charge in [-0.2, -0.15) is 0 Å². The lowest BCUT2D eigenvalue weighted by Gasteiger charge is -2.46. The predicted molar refractivity (Wildman–Crippen MR) is 201 cm³/mol. The van der Waals surface area contributed by atoms with Gasteiger partial charge in [-0.3, -0.25) is 4.79 Å². The van der Waals surface area contributed by atoms with Crippen molar-refractivity contribution in [3.63, 3.8) is 0 Å². The fraction of sp³-hybridized carbons (Fsp3) is 0.615. The normalized spacial score (nSPS) is 41.5. The zero-order valence-corrected chi connectivity index (χ0v) is 33.1. The summed E-state index contributed by atoms with van der Waals surface area (Å²) in [5.41, 5.74) is -1.36. The summed E-state index contributed by atoms with van der Waals surface area (Å²) in [6.07, 6.45) is -32.8. The quantitative estimate of drug-likeness (QED) is 0.0921. The minimum absolute atomic E-state index is 0.0728. The van der Waals surface area contributed by atoms with Crippen LogP contribution in [0, 0.1) is 0 Å². The van der Waals surface area contributed by atoms with Gasteiger partial charge in [0.15, 0.2) is 24.4 Å². The second kappa shape index (κ2) is 18.3. The number of phenolic OH excluding ortho intramolecular Hbond substituents is 2. The minimum atomic E-state index is -2.06. The van der Waals surface area contributed by atoms with Crippen molar-refractivity contribution in [2.24, 2.45) is 0 Å². The highest BCUT2D eigenvalue weighted by Gasteiger charge is 2.52. The van der Waals surface area contributed by atoms with Crippen molar-refractivity contribution < 1.29 is 109 Å². The van der Waals surface area contributed by atoms with Crippen LogP contribution in [-0.2, 0) is 28.4 Å². The van der Waals surface area contributed by atoms with Gasteiger partial charge in [0.2, 0.25) is 23.8 Å². The smallest absolute Gasteiger partial charge is 0.239 e. The van der Waals surface area contributed by atoms with Crippen LogP contribution < -0.4 is 14.9 Å². The van der Waals surface area contributed by atoms with Crippen LogP contribution in [0.25, 0.3) is 22.3 Å². The predicted octanol–water partition coefficient (Wildman–Crippen LogP) is -4.04. The number of aromatic hydroxyl groups is 2. The molecule has 0 radical (unpaired) electrons. The van der Waals surface area contributed by atoms with Gasteiger partial charge in [-0.05, 0) is 45.0 Å². The number of rotatable bonds is 10. The number of ether oxygens (including phenoxy) is 8. The molecule has 0 bridgehead atoms. The summed E-state index contributed by atoms with van der Waals surface area (Å²) >= 11 is 0. The number of hydrogen-bond acceptors (Lipinski definition) is 23. The molecular weight excluding hydrogens is 836 g/mol. The average molecular weight is 887 g/mol. The second-order valence-electron chi connectivity index (χ2n) is 15.7. The Morgan fingerprint density at radius 2 is 1.10 bits per heavy atom. The largest absolute Gasteiger partial charge is 0.508 e. The van der Waals surface area contributed by atoms with Gasteiger partial charge in [-0.25, -0.2) is 0 Å². The molecular formula is C39H50O23. The summed E-state index contributed by atoms with van der Waals surface area (Å²) < 4.78 is 52.0. The van der Waals surface area contributed by atoms with Gasteiger partial charge in [-0.1, -0.05) is 0 Å². The summed E-state index contributed by atoms with van der Waals surface area (Å²) in [4.78, 5) is 14.5. The van der Waals surface area contributed by atoms with Crippen molar-refractivity contribution in [2.45, 2.75) is 144 Å². The topological polar surface area (TPSA) is 367 Å². The molecule has 4 fully saturated rings. The Bertz CT molecular complexity index is 2060. The van der Waals surface area contributed by atoms with Gasteiger partial charge in [0.1, 0.15) is 101 Å². The van der Waals surface area contributed by atoms with Gasteiger partial charge >= 0.3 is 0 Å². The summed E-state index contributed by atoms with van der Waals surface area (Å²) in [5.74, 6) is -2.31. The molecule has 23 nitrogen and oxygen atoms in total. The van der Waals surface area contributed by atoms with Gasteiger partial charge in [0, 0.05) is 17.7 Å². The Hall–Kier alpha value is -3.83. The molecule has 23 heteroatoms. The molecule has 62 heavy (non-hydrogen) atoms. The first kappa shape index (κ1) is 46.2. The van der Waals surface area contributed by atoms with E-state index in [1.165, 1.54) is 45.0 Å². The van der Waals surface area contributed by atoms with Crippen LogP contribution in [0.3, 0.4) is 0 Å². The third kappa shape index (κ3) is 8.83. The van der Waals surface area contributed by atoms with E-state index in [2.05, 4.69) is 0 Å². The van der Waals surface area contributed by atoms with Crippen molar-refractivity contribution in [3.8, 4) is 34.3 Å². The van der Waals surface area contributed by atoms with Crippen LogP contribution in [0.15, 0.2) is 45.6 Å². The molecule has 3 aromatic rings. The molecule has 20 atom stereocenters. The van der Waals surface area contributed by atoms with E-state index in [9.17, 15) is 71.2 Å². The van der Waals surface area contributed by atoms with Crippen LogP contribution in [0.5, 0.6) is 23.0 Å². The van der Waals surface area contributed by atoms with Crippen LogP contribution in [0.2, 0.25) is 0 Å². The third-order valence-corrected chi connectivity index (χ3v) is 11.3. The van der Waals surface area contributed by atoms with E-state index in [0.29, 0.717) is 0 Å². The van der Waals surface area contributed by atoms with Gasteiger partial charge < -0.3 is 109 Å². The number of aliphatic hydroxyl groups excluding tert-OH is 11. The monoisotopic (exact) mass is 886 g/mol. The van der Waals surface area contributed by atoms with Crippen LogP contribution in [0.1, 0.15) is 20.8 Å². The Balaban J connectivity index is 1.27. The maximum Gasteiger partial charge on any atom is 0.239 e. The van der Waals surface area contributed by atoms with Crippen molar-refractivity contribution in [1.29, 1.82) is 0 Å². The summed E-state index contributed by atoms with van der Waals surface area (Å²) in [7, 11) is 0. The average Bonchev–Trinajstić information content (AvgIpc) is 3.24. The number of phenols is 2. The Kier molecular flexibility index (Phi) is 13.7. The minimum Gasteiger partial charge on any atom is -0.508 e. The Morgan fingerprint density at radius 3 is 1.69 bits per heavy atom. The molecule has 4 saturated heterocycles. The molecule has 5 heterocycles. The van der Waals surface area contributed by atoms with Crippen LogP contribution >= 0.6 is 0 Å². The highest BCUT2D eigenvalue weighted by molar-refractivity contribution is 5.88. The summed E-state index contributed by atoms with van der Waals surface area (Å²) in [6.45, 7) is 3.47. The van der Waals surface area contributed by atoms with Crippen LogP contribution in [0.4, 0.5) is 0 Å². The molecule has 344 valence electrons. The fourth-order valence-corrected chi connectivity index (χ4v) is 7.50. The van der Waals surface area contributed by atoms with E-state index < -0.39 is 158 Å². The lowest BCUT2D eigenvalue weighted by atomic mass is 9.97. The van der Waals surface area contributed by atoms with E-state index in [1.807, 2.05) is 0 Å². The molecule has 4 aliphatic rings. The van der Waals surface area contributed by atoms with E-state index in [1.54, 1.807) is 0 Å². The highest BCUT2D eigenvalue weighted by Crippen LogP contribution is 2.39. The van der Waals surface area contributed by atoms with Crippen molar-refractivity contribution in [1.82, 2.24) is 0 Å². The Morgan fingerprint density at radius 1 is 0.565 bits per heavy atom. The first-order valence-corrected chi connectivity index (χ1v) is 19.6. The maximum atomic E-state index is 14.5. The lowest BCUT2D eigenvalue weighted by molar-refractivity contribution is -0.360. The van der Waals surface area contributed by atoms with Crippen molar-refractivity contribution in [2.75, 3.05) is 6.61 Å². The third-order valence-electron chi connectivity index (χ3n) is 11.3. The van der Waals surface area contributed by atoms with E-state index in [4.69, 9.17) is 42.3 Å². The molecule has 0 aliphatic carbocycles. The van der Waals surface area contributed by atoms with E-state index in [-0.39, 0.29) is 22.6 Å². The molecule has 0 spiro atoms. The number of benzene rings is 2. The standard InChI is InChI=1S/C39H50O23/c1-11-21(42)26(47)30(51)36(55-11)54-10-19-24(45)29(50)35(62-38-32(53)28(49)23(44)13(3)57-38)39(60-19)61-34-25(46)20-17(41)8-16(58-37-31(52)27(48)22(43)12(2)56-37)9-18(20)59-33(34)14-4-6-15(40)7-5-14/h4-9,11-13,19,21-24,26-32,35-45,47-53H,10H2,1-3H3/t11?,12?,13?,19?,21-,22-,23-,24-,26?,27?,28?,29-,30-,31-,32-,35?,36+,37-,38-,39-/m0/s1. The van der Waals surface area contributed by atoms with Gasteiger partial charge in [0.05, 0.1) is 24.9 Å². The molecule has 2 aromatic carbocycles. The first-order valence-electron chi connectivity index (χ1n) is 19.6. The molecule has 7 rings (SSSR count). The summed E-state index contributed by atoms with van der Waals surface area (Å²) in [6, 6.07) is 7.21. The zero-order chi connectivity index (χ0) is 45.1. The molecule has 0 saturated carbocycles. The summed E-state index contributed by atoms with van der Waals surface area (Å²) in [5, 5.41) is 137. The first-order chi connectivity index (χ1) is 29.3. The number of aliphatic hydroxyl groups is 11. The van der Waals surface area contributed by atoms with Crippen molar-refractivity contribution >= 4 is 11.0 Å². The zero-order valence-electron chi connectivity index (χ0n) is 33.1. The SMILES string of the molecule is CC1O[C@@H](OCC2O[C@@H](Oc3c(-c4ccc(O)cc4)oc4cc(O[C@@H]5OC(C)[C@H](O)C(O)[C@@H]5O)cc(O)c4c3=O)C(O[C@@H]3OC(C)[C@H](O)C(O)[C@@H]3O)[C@@H](O)[C@H]2O)[C@@H](O)C(O)[C@H]1O. The van der Waals surface area contributed by atoms with Crippen molar-refractivity contribution in [3.05, 3.63) is 46.6 Å². The second-order valence-corrected chi connectivity index (χ2v) is 15.7. The molecule has 13 N–H and O–H groups in total. The van der Waals surface area contributed by atoms with E-state index in [0.717, 1.165) is 12.1 Å². The molecule has 0 amide bonds. The molecule has 8 unspecified atom stereocenters. The highest BCUT2D eigenvalue weighted by atomic mass is 16.8. The maximum absolute atomic E-state index is 14.5. The van der Waals surface area contributed by atoms with Gasteiger partial charge in [0.25, 0.3) is 0 Å². The number of fused-ring (bicyclic) bond motifs is 1. The van der Waals surface area contributed by atoms with E-state index >= 15 is 0 Å². The lowest BCUT2D eigenvalue weighted by Crippen LogP contribution is -2.65.